The van der Waals surface area contributed by atoms with E-state index in [1.807, 2.05) is 0 Å². The molecule has 1 N–H and O–H groups in total. The van der Waals surface area contributed by atoms with Crippen LogP contribution < -0.4 is 5.32 Å². The van der Waals surface area contributed by atoms with Crippen molar-refractivity contribution in [3.63, 3.8) is 0 Å². The number of hydrogen-bond donors (Lipinski definition) is 1. The quantitative estimate of drug-likeness (QED) is 0.509. The highest BCUT2D eigenvalue weighted by Crippen LogP contribution is 2.45. The number of alkyl halides is 2. The molecule has 0 spiro atoms. The predicted molar refractivity (Wildman–Crippen MR) is 112 cm³/mol. The Morgan fingerprint density at radius 2 is 2.06 bits per heavy atom. The molecule has 0 unspecified atom stereocenters. The number of rotatable bonds is 8. The van der Waals surface area contributed by atoms with E-state index in [1.165, 1.54) is 18.0 Å². The Balaban J connectivity index is 1.44. The summed E-state index contributed by atoms with van der Waals surface area (Å²) in [4.78, 5) is 24.4. The molecule has 4 rings (SSSR count). The van der Waals surface area contributed by atoms with Gasteiger partial charge in [-0.1, -0.05) is 29.8 Å². The van der Waals surface area contributed by atoms with Gasteiger partial charge in [0.1, 0.15) is 12.2 Å². The minimum Gasteiger partial charge on any atom is -0.465 e. The Morgan fingerprint density at radius 1 is 1.31 bits per heavy atom. The lowest BCUT2D eigenvalue weighted by atomic mass is 10.1. The average molecular weight is 464 g/mol. The molecule has 2 aromatic heterocycles. The Bertz CT molecular complexity index is 1160. The molecular formula is C21H20ClF2N5O3. The van der Waals surface area contributed by atoms with Gasteiger partial charge in [-0.3, -0.25) is 14.2 Å². The van der Waals surface area contributed by atoms with E-state index in [0.717, 1.165) is 12.8 Å². The van der Waals surface area contributed by atoms with E-state index in [4.69, 9.17) is 16.3 Å². The van der Waals surface area contributed by atoms with Crippen LogP contribution in [0.4, 0.5) is 14.5 Å². The fraction of sp³-hybridized carbons (Fsp3) is 0.333. The van der Waals surface area contributed by atoms with Crippen molar-refractivity contribution in [1.82, 2.24) is 19.6 Å². The van der Waals surface area contributed by atoms with Crippen LogP contribution in [0.25, 0.3) is 0 Å². The summed E-state index contributed by atoms with van der Waals surface area (Å²) in [6.07, 6.45) is 1.91. The number of nitrogens with one attached hydrogen (secondary N) is 1. The van der Waals surface area contributed by atoms with Crippen LogP contribution in [0, 0.1) is 0 Å². The molecule has 0 atom stereocenters. The number of aromatic nitrogens is 4. The van der Waals surface area contributed by atoms with Crippen LogP contribution in [0.3, 0.4) is 0 Å². The highest BCUT2D eigenvalue weighted by atomic mass is 35.5. The van der Waals surface area contributed by atoms with Crippen LogP contribution in [-0.2, 0) is 22.6 Å². The zero-order chi connectivity index (χ0) is 22.8. The first-order valence-electron chi connectivity index (χ1n) is 9.90. The summed E-state index contributed by atoms with van der Waals surface area (Å²) in [6.45, 7) is 0.0497. The zero-order valence-corrected chi connectivity index (χ0v) is 17.9. The number of methoxy groups -OCH3 is 1. The largest absolute Gasteiger partial charge is 0.465 e. The highest BCUT2D eigenvalue weighted by molar-refractivity contribution is 6.32. The van der Waals surface area contributed by atoms with Crippen LogP contribution in [0.15, 0.2) is 36.7 Å². The van der Waals surface area contributed by atoms with Gasteiger partial charge in [0.25, 0.3) is 6.43 Å². The fourth-order valence-corrected chi connectivity index (χ4v) is 3.84. The molecule has 0 radical (unpaired) electrons. The third-order valence-electron chi connectivity index (χ3n) is 5.09. The van der Waals surface area contributed by atoms with Crippen molar-refractivity contribution in [2.45, 2.75) is 38.3 Å². The van der Waals surface area contributed by atoms with Crippen molar-refractivity contribution in [3.05, 3.63) is 64.2 Å². The highest BCUT2D eigenvalue weighted by Gasteiger charge is 2.34. The number of amides is 1. The standard InChI is InChI=1S/C21H20ClF2N5O3/c1-32-21(31)15-5-3-2-4-13(15)9-28-10-14(8-25-28)26-16(30)11-29-19(12-6-7-12)17(22)18(27-29)20(23)24/h2-5,8,10,12,20H,6-7,9,11H2,1H3,(H,26,30). The fourth-order valence-electron chi connectivity index (χ4n) is 3.47. The molecule has 3 aromatic rings. The third-order valence-corrected chi connectivity index (χ3v) is 5.48. The second-order valence-corrected chi connectivity index (χ2v) is 7.82. The van der Waals surface area contributed by atoms with E-state index in [2.05, 4.69) is 15.5 Å². The van der Waals surface area contributed by atoms with Crippen molar-refractivity contribution < 1.29 is 23.1 Å². The SMILES string of the molecule is COC(=O)c1ccccc1Cn1cc(NC(=O)Cn2nc(C(F)F)c(Cl)c2C2CC2)cn1. The second kappa shape index (κ2) is 9.07. The number of hydrogen-bond acceptors (Lipinski definition) is 5. The van der Waals surface area contributed by atoms with Crippen LogP contribution in [0.1, 0.15) is 52.5 Å². The number of nitrogens with zero attached hydrogens (tertiary/aromatic N) is 4. The van der Waals surface area contributed by atoms with Gasteiger partial charge in [0.15, 0.2) is 0 Å². The van der Waals surface area contributed by atoms with Gasteiger partial charge < -0.3 is 10.1 Å². The smallest absolute Gasteiger partial charge is 0.338 e. The summed E-state index contributed by atoms with van der Waals surface area (Å²) < 4.78 is 34.0. The molecule has 1 saturated carbocycles. The van der Waals surface area contributed by atoms with Gasteiger partial charge in [-0.15, -0.1) is 0 Å². The van der Waals surface area contributed by atoms with Gasteiger partial charge in [-0.2, -0.15) is 10.2 Å². The topological polar surface area (TPSA) is 91.0 Å². The molecule has 0 saturated heterocycles. The molecule has 2 heterocycles. The first-order chi connectivity index (χ1) is 15.4. The molecule has 1 aliphatic carbocycles. The summed E-state index contributed by atoms with van der Waals surface area (Å²) >= 11 is 6.09. The van der Waals surface area contributed by atoms with Gasteiger partial charge in [0.2, 0.25) is 5.91 Å². The van der Waals surface area contributed by atoms with E-state index in [9.17, 15) is 18.4 Å². The average Bonchev–Trinajstić information content (AvgIpc) is 3.42. The molecule has 1 fully saturated rings. The third kappa shape index (κ3) is 4.64. The number of carbonyl (C=O) groups excluding carboxylic acids is 2. The Labute approximate surface area is 187 Å². The Hall–Kier alpha value is -3.27. The van der Waals surface area contributed by atoms with Crippen molar-refractivity contribution >= 4 is 29.2 Å². The minimum atomic E-state index is -2.81. The minimum absolute atomic E-state index is 0.0490. The maximum Gasteiger partial charge on any atom is 0.338 e. The number of benzene rings is 1. The van der Waals surface area contributed by atoms with E-state index in [-0.39, 0.29) is 17.5 Å². The van der Waals surface area contributed by atoms with Gasteiger partial charge in [0.05, 0.1) is 41.8 Å². The summed E-state index contributed by atoms with van der Waals surface area (Å²) in [5.74, 6) is -0.844. The Morgan fingerprint density at radius 3 is 2.75 bits per heavy atom. The Kier molecular flexibility index (Phi) is 6.22. The summed E-state index contributed by atoms with van der Waals surface area (Å²) in [5.41, 5.74) is 1.53. The van der Waals surface area contributed by atoms with Gasteiger partial charge >= 0.3 is 5.97 Å². The number of halogens is 3. The molecule has 1 aromatic carbocycles. The molecule has 0 bridgehead atoms. The van der Waals surface area contributed by atoms with Crippen LogP contribution in [0.2, 0.25) is 5.02 Å². The second-order valence-electron chi connectivity index (χ2n) is 7.44. The van der Waals surface area contributed by atoms with E-state index in [1.54, 1.807) is 35.1 Å². The normalized spacial score (nSPS) is 13.4. The maximum atomic E-state index is 13.2. The van der Waals surface area contributed by atoms with Gasteiger partial charge in [-0.05, 0) is 24.5 Å². The summed E-state index contributed by atoms with van der Waals surface area (Å²) in [5, 5.41) is 10.7. The molecular weight excluding hydrogens is 444 g/mol. The van der Waals surface area contributed by atoms with Crippen molar-refractivity contribution in [2.24, 2.45) is 0 Å². The summed E-state index contributed by atoms with van der Waals surface area (Å²) in [7, 11) is 1.31. The van der Waals surface area contributed by atoms with E-state index in [0.29, 0.717) is 29.1 Å². The zero-order valence-electron chi connectivity index (χ0n) is 17.1. The monoisotopic (exact) mass is 463 g/mol. The number of esters is 1. The molecule has 1 aliphatic rings. The first-order valence-corrected chi connectivity index (χ1v) is 10.3. The molecule has 11 heteroatoms. The number of anilines is 1. The number of ether oxygens (including phenoxy) is 1. The van der Waals surface area contributed by atoms with E-state index >= 15 is 0 Å². The lowest BCUT2D eigenvalue weighted by Gasteiger charge is -2.08. The first kappa shape index (κ1) is 21.9. The lowest BCUT2D eigenvalue weighted by Crippen LogP contribution is -2.20. The molecule has 168 valence electrons. The van der Waals surface area contributed by atoms with Crippen LogP contribution in [0.5, 0.6) is 0 Å². The number of carbonyl (C=O) groups is 2. The van der Waals surface area contributed by atoms with Gasteiger partial charge in [-0.25, -0.2) is 13.6 Å². The maximum absolute atomic E-state index is 13.2. The van der Waals surface area contributed by atoms with Gasteiger partial charge in [0, 0.05) is 12.1 Å². The van der Waals surface area contributed by atoms with Crippen molar-refractivity contribution in [1.29, 1.82) is 0 Å². The molecule has 1 amide bonds. The predicted octanol–water partition coefficient (Wildman–Crippen LogP) is 4.02. The molecule has 32 heavy (non-hydrogen) atoms. The van der Waals surface area contributed by atoms with Crippen LogP contribution in [-0.4, -0.2) is 38.5 Å². The van der Waals surface area contributed by atoms with E-state index < -0.39 is 24.0 Å². The summed E-state index contributed by atoms with van der Waals surface area (Å²) in [6, 6.07) is 6.98. The van der Waals surface area contributed by atoms with Crippen molar-refractivity contribution in [3.8, 4) is 0 Å². The molecule has 8 nitrogen and oxygen atoms in total. The van der Waals surface area contributed by atoms with Crippen molar-refractivity contribution in [2.75, 3.05) is 12.4 Å². The van der Waals surface area contributed by atoms with Crippen LogP contribution >= 0.6 is 11.6 Å². The lowest BCUT2D eigenvalue weighted by molar-refractivity contribution is -0.117. The molecule has 0 aliphatic heterocycles.